The van der Waals surface area contributed by atoms with Gasteiger partial charge in [-0.3, -0.25) is 4.79 Å². The van der Waals surface area contributed by atoms with Crippen molar-refractivity contribution in [2.24, 2.45) is 5.14 Å². The van der Waals surface area contributed by atoms with Crippen LogP contribution < -0.4 is 5.14 Å². The number of aromatic nitrogens is 1. The Morgan fingerprint density at radius 3 is 2.64 bits per heavy atom. The molecule has 1 aromatic heterocycles. The summed E-state index contributed by atoms with van der Waals surface area (Å²) in [6.07, 6.45) is 1.08. The average Bonchev–Trinajstić information content (AvgIpc) is 2.34. The first-order chi connectivity index (χ1) is 5.02. The molecule has 60 valence electrons. The Balaban J connectivity index is 3.07. The summed E-state index contributed by atoms with van der Waals surface area (Å²) in [6.45, 7) is 0. The third kappa shape index (κ3) is 1.63. The quantitative estimate of drug-likeness (QED) is 0.597. The second-order valence-electron chi connectivity index (χ2n) is 1.72. The van der Waals surface area contributed by atoms with Crippen LogP contribution in [-0.2, 0) is 10.0 Å². The number of hydrogen-bond donors (Lipinski definition) is 1. The lowest BCUT2D eigenvalue weighted by Gasteiger charge is -1.88. The number of carbonyl (C=O) groups is 1. The molecule has 0 saturated carbocycles. The molecule has 0 unspecified atom stereocenters. The van der Waals surface area contributed by atoms with Crippen LogP contribution >= 0.6 is 0 Å². The molecule has 0 aromatic carbocycles. The molecule has 0 aliphatic rings. The number of carbonyl (C=O) groups excluding carboxylic acids is 1. The van der Waals surface area contributed by atoms with Crippen LogP contribution in [-0.4, -0.2) is 18.7 Å². The van der Waals surface area contributed by atoms with Gasteiger partial charge in [0.05, 0.1) is 0 Å². The van der Waals surface area contributed by atoms with Crippen molar-refractivity contribution in [1.29, 1.82) is 0 Å². The van der Waals surface area contributed by atoms with Gasteiger partial charge >= 0.3 is 5.12 Å². The topological polar surface area (TPSA) is 103 Å². The maximum atomic E-state index is 10.7. The monoisotopic (exact) mass is 176 g/mol. The molecule has 1 rings (SSSR count). The lowest BCUT2D eigenvalue weighted by Crippen LogP contribution is -2.23. The molecular formula is C4H4N2O4S. The van der Waals surface area contributed by atoms with Crippen molar-refractivity contribution in [3.8, 4) is 0 Å². The first kappa shape index (κ1) is 7.89. The molecule has 0 spiro atoms. The Labute approximate surface area is 62.0 Å². The van der Waals surface area contributed by atoms with Crippen LogP contribution in [0.1, 0.15) is 10.5 Å². The number of nitrogens with zero attached hydrogens (tertiary/aromatic N) is 1. The Morgan fingerprint density at radius 2 is 2.27 bits per heavy atom. The highest BCUT2D eigenvalue weighted by molar-refractivity contribution is 8.04. The molecule has 2 N–H and O–H groups in total. The fourth-order valence-electron chi connectivity index (χ4n) is 0.464. The summed E-state index contributed by atoms with van der Waals surface area (Å²) in [7, 11) is -4.19. The number of primary sulfonamides is 1. The summed E-state index contributed by atoms with van der Waals surface area (Å²) in [5.74, 6) is 0. The number of hydrogen-bond acceptors (Lipinski definition) is 5. The summed E-state index contributed by atoms with van der Waals surface area (Å²) in [4.78, 5) is 10.7. The van der Waals surface area contributed by atoms with Crippen molar-refractivity contribution in [2.75, 3.05) is 0 Å². The van der Waals surface area contributed by atoms with Gasteiger partial charge in [-0.05, 0) is 0 Å². The molecule has 0 radical (unpaired) electrons. The fourth-order valence-corrected chi connectivity index (χ4v) is 0.860. The highest BCUT2D eigenvalue weighted by Gasteiger charge is 2.21. The molecule has 1 aromatic rings. The van der Waals surface area contributed by atoms with E-state index < -0.39 is 15.1 Å². The standard InChI is InChI=1S/C4H4N2O4S/c5-11(8,9)4(7)3-1-2-10-6-3/h1-2H,(H2,5,8,9). The summed E-state index contributed by atoms with van der Waals surface area (Å²) in [5.41, 5.74) is -0.312. The minimum absolute atomic E-state index is 0.312. The lowest BCUT2D eigenvalue weighted by atomic mass is 10.5. The van der Waals surface area contributed by atoms with Gasteiger partial charge in [0, 0.05) is 6.07 Å². The van der Waals surface area contributed by atoms with Crippen molar-refractivity contribution in [3.63, 3.8) is 0 Å². The van der Waals surface area contributed by atoms with Crippen LogP contribution in [0.4, 0.5) is 0 Å². The van der Waals surface area contributed by atoms with E-state index in [1.807, 2.05) is 0 Å². The van der Waals surface area contributed by atoms with E-state index in [9.17, 15) is 13.2 Å². The first-order valence-corrected chi connectivity index (χ1v) is 4.04. The van der Waals surface area contributed by atoms with E-state index in [0.29, 0.717) is 0 Å². The third-order valence-electron chi connectivity index (χ3n) is 0.905. The second kappa shape index (κ2) is 2.44. The molecule has 6 nitrogen and oxygen atoms in total. The van der Waals surface area contributed by atoms with E-state index in [4.69, 9.17) is 0 Å². The highest BCUT2D eigenvalue weighted by atomic mass is 32.2. The van der Waals surface area contributed by atoms with Gasteiger partial charge in [-0.25, -0.2) is 13.6 Å². The predicted octanol–water partition coefficient (Wildman–Crippen LogP) is -0.897. The molecule has 1 heterocycles. The van der Waals surface area contributed by atoms with Gasteiger partial charge in [-0.2, -0.15) is 0 Å². The van der Waals surface area contributed by atoms with Crippen LogP contribution in [0.2, 0.25) is 0 Å². The van der Waals surface area contributed by atoms with Gasteiger partial charge in [0.15, 0.2) is 5.69 Å². The zero-order valence-electron chi connectivity index (χ0n) is 5.22. The van der Waals surface area contributed by atoms with Gasteiger partial charge < -0.3 is 4.52 Å². The van der Waals surface area contributed by atoms with Crippen molar-refractivity contribution in [3.05, 3.63) is 18.0 Å². The molecule has 7 heteroatoms. The van der Waals surface area contributed by atoms with Gasteiger partial charge in [0.2, 0.25) is 0 Å². The minimum atomic E-state index is -4.19. The predicted molar refractivity (Wildman–Crippen MR) is 33.9 cm³/mol. The maximum Gasteiger partial charge on any atom is 0.313 e. The Morgan fingerprint density at radius 1 is 1.64 bits per heavy atom. The number of rotatable bonds is 1. The average molecular weight is 176 g/mol. The molecule has 0 fully saturated rings. The molecule has 0 aliphatic heterocycles. The number of sulfonamides is 1. The minimum Gasteiger partial charge on any atom is -0.364 e. The molecule has 0 amide bonds. The molecule has 0 aliphatic carbocycles. The van der Waals surface area contributed by atoms with Gasteiger partial charge in [-0.15, -0.1) is 0 Å². The first-order valence-electron chi connectivity index (χ1n) is 2.49. The smallest absolute Gasteiger partial charge is 0.313 e. The zero-order chi connectivity index (χ0) is 8.48. The van der Waals surface area contributed by atoms with Crippen LogP contribution in [0.25, 0.3) is 0 Å². The van der Waals surface area contributed by atoms with Crippen molar-refractivity contribution >= 4 is 15.1 Å². The van der Waals surface area contributed by atoms with Crippen LogP contribution in [0.5, 0.6) is 0 Å². The normalized spacial score (nSPS) is 11.4. The third-order valence-corrected chi connectivity index (χ3v) is 1.63. The van der Waals surface area contributed by atoms with Crippen LogP contribution in [0.15, 0.2) is 16.9 Å². The van der Waals surface area contributed by atoms with E-state index >= 15 is 0 Å². The largest absolute Gasteiger partial charge is 0.364 e. The Bertz CT molecular complexity index is 351. The molecule has 0 bridgehead atoms. The van der Waals surface area contributed by atoms with Crippen LogP contribution in [0.3, 0.4) is 0 Å². The second-order valence-corrected chi connectivity index (χ2v) is 3.18. The maximum absolute atomic E-state index is 10.7. The van der Waals surface area contributed by atoms with E-state index in [1.54, 1.807) is 0 Å². The SMILES string of the molecule is NS(=O)(=O)C(=O)c1ccon1. The number of nitrogens with two attached hydrogens (primary N) is 1. The van der Waals surface area contributed by atoms with E-state index in [1.165, 1.54) is 0 Å². The van der Waals surface area contributed by atoms with Gasteiger partial charge in [0.25, 0.3) is 10.0 Å². The van der Waals surface area contributed by atoms with Crippen molar-refractivity contribution < 1.29 is 17.7 Å². The molecular weight excluding hydrogens is 172 g/mol. The highest BCUT2D eigenvalue weighted by Crippen LogP contribution is 1.98. The lowest BCUT2D eigenvalue weighted by molar-refractivity contribution is 0.106. The fraction of sp³-hybridized carbons (Fsp3) is 0. The summed E-state index contributed by atoms with van der Waals surface area (Å²) in [6, 6.07) is 1.12. The molecule has 11 heavy (non-hydrogen) atoms. The zero-order valence-corrected chi connectivity index (χ0v) is 6.04. The Hall–Kier alpha value is -1.21. The van der Waals surface area contributed by atoms with E-state index in [-0.39, 0.29) is 5.69 Å². The van der Waals surface area contributed by atoms with Gasteiger partial charge in [-0.1, -0.05) is 5.16 Å². The van der Waals surface area contributed by atoms with Gasteiger partial charge in [0.1, 0.15) is 6.26 Å². The van der Waals surface area contributed by atoms with Crippen LogP contribution in [0, 0.1) is 0 Å². The summed E-state index contributed by atoms with van der Waals surface area (Å²) >= 11 is 0. The molecule has 0 atom stereocenters. The summed E-state index contributed by atoms with van der Waals surface area (Å²) < 4.78 is 25.0. The van der Waals surface area contributed by atoms with Crippen molar-refractivity contribution in [1.82, 2.24) is 5.16 Å². The summed E-state index contributed by atoms with van der Waals surface area (Å²) in [5, 5.41) is 6.37. The molecule has 0 saturated heterocycles. The Kier molecular flexibility index (Phi) is 1.75. The van der Waals surface area contributed by atoms with E-state index in [2.05, 4.69) is 14.8 Å². The van der Waals surface area contributed by atoms with E-state index in [0.717, 1.165) is 12.3 Å². The van der Waals surface area contributed by atoms with Crippen molar-refractivity contribution in [2.45, 2.75) is 0 Å².